The first kappa shape index (κ1) is 17.5. The predicted octanol–water partition coefficient (Wildman–Crippen LogP) is 2.53. The van der Waals surface area contributed by atoms with Gasteiger partial charge in [-0.3, -0.25) is 0 Å². The molecule has 2 N–H and O–H groups in total. The van der Waals surface area contributed by atoms with Crippen LogP contribution in [-0.2, 0) is 4.74 Å². The molecule has 0 aromatic rings. The number of nitrogens with zero attached hydrogens (tertiary/aromatic N) is 1. The summed E-state index contributed by atoms with van der Waals surface area (Å²) >= 11 is 0. The first-order valence-corrected chi connectivity index (χ1v) is 8.68. The van der Waals surface area contributed by atoms with Gasteiger partial charge in [-0.1, -0.05) is 0 Å². The van der Waals surface area contributed by atoms with Crippen LogP contribution in [-0.4, -0.2) is 53.0 Å². The summed E-state index contributed by atoms with van der Waals surface area (Å²) in [6.45, 7) is 9.48. The SMILES string of the molecule is CC(O)CCCNCC1CC2CCC1N2C(=O)OC(C)(C)C. The minimum Gasteiger partial charge on any atom is -0.444 e. The summed E-state index contributed by atoms with van der Waals surface area (Å²) in [4.78, 5) is 14.4. The second-order valence-corrected chi connectivity index (χ2v) is 7.88. The lowest BCUT2D eigenvalue weighted by molar-refractivity contribution is 0.0205. The van der Waals surface area contributed by atoms with E-state index in [1.54, 1.807) is 0 Å². The average Bonchev–Trinajstić information content (AvgIpc) is 2.93. The molecule has 1 amide bonds. The molecule has 0 aromatic carbocycles. The van der Waals surface area contributed by atoms with Crippen LogP contribution >= 0.6 is 0 Å². The van der Waals surface area contributed by atoms with E-state index in [-0.39, 0.29) is 12.2 Å². The standard InChI is InChI=1S/C17H32N2O3/c1-12(20)6-5-9-18-11-13-10-14-7-8-15(13)19(14)16(21)22-17(2,3)4/h12-15,18,20H,5-11H2,1-4H3. The molecular formula is C17H32N2O3. The fourth-order valence-corrected chi connectivity index (χ4v) is 3.74. The summed E-state index contributed by atoms with van der Waals surface area (Å²) in [7, 11) is 0. The Bertz CT molecular complexity index is 379. The van der Waals surface area contributed by atoms with Crippen LogP contribution in [0.15, 0.2) is 0 Å². The smallest absolute Gasteiger partial charge is 0.410 e. The van der Waals surface area contributed by atoms with Gasteiger partial charge in [0.25, 0.3) is 0 Å². The van der Waals surface area contributed by atoms with Gasteiger partial charge in [-0.15, -0.1) is 0 Å². The van der Waals surface area contributed by atoms with Crippen molar-refractivity contribution in [2.24, 2.45) is 5.92 Å². The highest BCUT2D eigenvalue weighted by molar-refractivity contribution is 5.70. The van der Waals surface area contributed by atoms with Crippen molar-refractivity contribution >= 4 is 6.09 Å². The van der Waals surface area contributed by atoms with Gasteiger partial charge < -0.3 is 20.1 Å². The lowest BCUT2D eigenvalue weighted by atomic mass is 9.89. The van der Waals surface area contributed by atoms with Gasteiger partial charge in [-0.25, -0.2) is 4.79 Å². The summed E-state index contributed by atoms with van der Waals surface area (Å²) in [5.41, 5.74) is -0.423. The normalized spacial score (nSPS) is 29.0. The molecule has 128 valence electrons. The van der Waals surface area contributed by atoms with Crippen molar-refractivity contribution in [1.29, 1.82) is 0 Å². The molecule has 4 unspecified atom stereocenters. The average molecular weight is 312 g/mol. The number of fused-ring (bicyclic) bond motifs is 2. The minimum absolute atomic E-state index is 0.142. The van der Waals surface area contributed by atoms with E-state index in [1.807, 2.05) is 32.6 Å². The Kier molecular flexibility index (Phi) is 5.72. The Hall–Kier alpha value is -0.810. The number of aliphatic hydroxyl groups is 1. The maximum Gasteiger partial charge on any atom is 0.410 e. The van der Waals surface area contributed by atoms with E-state index in [0.29, 0.717) is 18.0 Å². The number of carbonyl (C=O) groups is 1. The highest BCUT2D eigenvalue weighted by Gasteiger charge is 2.49. The summed E-state index contributed by atoms with van der Waals surface area (Å²) in [6, 6.07) is 0.702. The van der Waals surface area contributed by atoms with Gasteiger partial charge in [0, 0.05) is 12.1 Å². The van der Waals surface area contributed by atoms with Gasteiger partial charge in [0.2, 0.25) is 0 Å². The first-order valence-electron chi connectivity index (χ1n) is 8.68. The predicted molar refractivity (Wildman–Crippen MR) is 86.8 cm³/mol. The Morgan fingerprint density at radius 3 is 2.77 bits per heavy atom. The van der Waals surface area contributed by atoms with Crippen molar-refractivity contribution in [3.05, 3.63) is 0 Å². The van der Waals surface area contributed by atoms with E-state index in [2.05, 4.69) is 5.32 Å². The van der Waals surface area contributed by atoms with Crippen LogP contribution < -0.4 is 5.32 Å². The van der Waals surface area contributed by atoms with Gasteiger partial charge >= 0.3 is 6.09 Å². The first-order chi connectivity index (χ1) is 10.3. The lowest BCUT2D eigenvalue weighted by Gasteiger charge is -2.28. The molecule has 4 atom stereocenters. The molecule has 2 bridgehead atoms. The number of nitrogens with one attached hydrogen (secondary N) is 1. The molecule has 5 heteroatoms. The van der Waals surface area contributed by atoms with Gasteiger partial charge in [0.15, 0.2) is 0 Å². The van der Waals surface area contributed by atoms with E-state index >= 15 is 0 Å². The highest BCUT2D eigenvalue weighted by atomic mass is 16.6. The number of rotatable bonds is 6. The second kappa shape index (κ2) is 7.18. The number of aliphatic hydroxyl groups excluding tert-OH is 1. The van der Waals surface area contributed by atoms with Gasteiger partial charge in [0.05, 0.1) is 6.10 Å². The number of hydrogen-bond acceptors (Lipinski definition) is 4. The van der Waals surface area contributed by atoms with E-state index < -0.39 is 5.60 Å². The molecule has 2 aliphatic heterocycles. The van der Waals surface area contributed by atoms with Crippen molar-refractivity contribution in [2.75, 3.05) is 13.1 Å². The maximum atomic E-state index is 12.4. The Balaban J connectivity index is 1.77. The molecule has 2 heterocycles. The van der Waals surface area contributed by atoms with E-state index in [1.165, 1.54) is 0 Å². The molecule has 0 spiro atoms. The quantitative estimate of drug-likeness (QED) is 0.740. The van der Waals surface area contributed by atoms with Crippen LogP contribution in [0.25, 0.3) is 0 Å². The molecule has 0 aliphatic carbocycles. The summed E-state index contributed by atoms with van der Waals surface area (Å²) in [5.74, 6) is 0.540. The number of hydrogen-bond donors (Lipinski definition) is 2. The van der Waals surface area contributed by atoms with Crippen LogP contribution in [0.3, 0.4) is 0 Å². The molecular weight excluding hydrogens is 280 g/mol. The van der Waals surface area contributed by atoms with Crippen LogP contribution in [0.5, 0.6) is 0 Å². The van der Waals surface area contributed by atoms with E-state index in [9.17, 15) is 9.90 Å². The zero-order valence-electron chi connectivity index (χ0n) is 14.5. The fourth-order valence-electron chi connectivity index (χ4n) is 3.74. The van der Waals surface area contributed by atoms with Crippen LogP contribution in [0, 0.1) is 5.92 Å². The molecule has 5 nitrogen and oxygen atoms in total. The molecule has 2 aliphatic rings. The zero-order chi connectivity index (χ0) is 16.3. The maximum absolute atomic E-state index is 12.4. The van der Waals surface area contributed by atoms with Gasteiger partial charge in [0.1, 0.15) is 5.60 Å². The van der Waals surface area contributed by atoms with Crippen LogP contribution in [0.1, 0.15) is 59.8 Å². The number of ether oxygens (including phenoxy) is 1. The molecule has 2 rings (SSSR count). The molecule has 0 saturated carbocycles. The topological polar surface area (TPSA) is 61.8 Å². The Morgan fingerprint density at radius 1 is 1.41 bits per heavy atom. The molecule has 0 radical (unpaired) electrons. The third-order valence-corrected chi connectivity index (χ3v) is 4.65. The second-order valence-electron chi connectivity index (χ2n) is 7.88. The van der Waals surface area contributed by atoms with Crippen molar-refractivity contribution in [3.8, 4) is 0 Å². The van der Waals surface area contributed by atoms with E-state index in [4.69, 9.17) is 4.74 Å². The third-order valence-electron chi connectivity index (χ3n) is 4.65. The van der Waals surface area contributed by atoms with E-state index in [0.717, 1.165) is 45.2 Å². The van der Waals surface area contributed by atoms with Crippen molar-refractivity contribution in [1.82, 2.24) is 10.2 Å². The monoisotopic (exact) mass is 312 g/mol. The Labute approximate surface area is 134 Å². The molecule has 2 saturated heterocycles. The zero-order valence-corrected chi connectivity index (χ0v) is 14.5. The summed E-state index contributed by atoms with van der Waals surface area (Å²) in [6.07, 6.45) is 4.78. The Morgan fingerprint density at radius 2 is 2.14 bits per heavy atom. The summed E-state index contributed by atoms with van der Waals surface area (Å²) < 4.78 is 5.56. The van der Waals surface area contributed by atoms with Crippen LogP contribution in [0.4, 0.5) is 4.79 Å². The molecule has 22 heavy (non-hydrogen) atoms. The number of amides is 1. The van der Waals surface area contributed by atoms with Crippen molar-refractivity contribution < 1.29 is 14.6 Å². The van der Waals surface area contributed by atoms with Gasteiger partial charge in [-0.2, -0.15) is 0 Å². The van der Waals surface area contributed by atoms with Gasteiger partial charge in [-0.05, 0) is 78.8 Å². The minimum atomic E-state index is -0.423. The molecule has 0 aromatic heterocycles. The molecule has 2 fully saturated rings. The highest BCUT2D eigenvalue weighted by Crippen LogP contribution is 2.42. The van der Waals surface area contributed by atoms with Crippen molar-refractivity contribution in [2.45, 2.75) is 83.6 Å². The van der Waals surface area contributed by atoms with Crippen LogP contribution in [0.2, 0.25) is 0 Å². The van der Waals surface area contributed by atoms with Crippen molar-refractivity contribution in [3.63, 3.8) is 0 Å². The third kappa shape index (κ3) is 4.59. The fraction of sp³-hybridized carbons (Fsp3) is 0.941. The number of carbonyl (C=O) groups excluding carboxylic acids is 1. The lowest BCUT2D eigenvalue weighted by Crippen LogP contribution is -2.41. The largest absolute Gasteiger partial charge is 0.444 e. The summed E-state index contributed by atoms with van der Waals surface area (Å²) in [5, 5.41) is 12.7.